The fraction of sp³-hybridized carbons (Fsp3) is 0.556. The summed E-state index contributed by atoms with van der Waals surface area (Å²) in [5.74, 6) is 0.912. The first-order valence-corrected chi connectivity index (χ1v) is 8.12. The molecule has 0 aliphatic carbocycles. The van der Waals surface area contributed by atoms with E-state index in [-0.39, 0.29) is 23.9 Å². The predicted octanol–water partition coefficient (Wildman–Crippen LogP) is 2.68. The van der Waals surface area contributed by atoms with Crippen LogP contribution in [0.4, 0.5) is 0 Å². The smallest absolute Gasteiger partial charge is 0.222 e. The van der Waals surface area contributed by atoms with Crippen molar-refractivity contribution in [2.24, 2.45) is 0 Å². The lowest BCUT2D eigenvalue weighted by Gasteiger charge is -2.35. The van der Waals surface area contributed by atoms with Gasteiger partial charge in [0.25, 0.3) is 0 Å². The molecule has 1 fully saturated rings. The first-order chi connectivity index (χ1) is 11.0. The van der Waals surface area contributed by atoms with Gasteiger partial charge in [-0.2, -0.15) is 0 Å². The number of carbonyl (C=O) groups excluding carboxylic acids is 2. The summed E-state index contributed by atoms with van der Waals surface area (Å²) in [6.07, 6.45) is 1.34. The van der Waals surface area contributed by atoms with E-state index in [1.165, 1.54) is 6.92 Å². The van der Waals surface area contributed by atoms with Gasteiger partial charge < -0.3 is 14.4 Å². The second kappa shape index (κ2) is 8.11. The Balaban J connectivity index is 1.70. The fourth-order valence-electron chi connectivity index (χ4n) is 2.74. The average molecular weight is 319 g/mol. The molecule has 5 nitrogen and oxygen atoms in total. The highest BCUT2D eigenvalue weighted by Gasteiger charge is 2.25. The normalized spacial score (nSPS) is 21.1. The summed E-state index contributed by atoms with van der Waals surface area (Å²) >= 11 is 0. The first-order valence-electron chi connectivity index (χ1n) is 8.12. The molecule has 1 amide bonds. The molecule has 1 heterocycles. The van der Waals surface area contributed by atoms with Gasteiger partial charge in [0.15, 0.2) is 5.78 Å². The van der Waals surface area contributed by atoms with Crippen molar-refractivity contribution >= 4 is 11.7 Å². The lowest BCUT2D eigenvalue weighted by molar-refractivity contribution is -0.143. The van der Waals surface area contributed by atoms with Crippen molar-refractivity contribution < 1.29 is 19.1 Å². The zero-order valence-corrected chi connectivity index (χ0v) is 14.1. The van der Waals surface area contributed by atoms with Crippen LogP contribution in [-0.4, -0.2) is 48.5 Å². The molecule has 23 heavy (non-hydrogen) atoms. The van der Waals surface area contributed by atoms with Gasteiger partial charge >= 0.3 is 0 Å². The van der Waals surface area contributed by atoms with E-state index in [2.05, 4.69) is 0 Å². The van der Waals surface area contributed by atoms with E-state index in [1.54, 1.807) is 24.3 Å². The molecule has 1 aromatic rings. The topological polar surface area (TPSA) is 55.8 Å². The number of benzene rings is 1. The molecule has 0 radical (unpaired) electrons. The van der Waals surface area contributed by atoms with E-state index in [0.29, 0.717) is 38.1 Å². The number of Topliss-reactive ketones (excluding diaryl/α,β-unsaturated/α-hetero) is 1. The zero-order chi connectivity index (χ0) is 16.8. The van der Waals surface area contributed by atoms with Gasteiger partial charge in [-0.3, -0.25) is 9.59 Å². The summed E-state index contributed by atoms with van der Waals surface area (Å²) in [4.78, 5) is 25.3. The molecular formula is C18H25NO4. The first kappa shape index (κ1) is 17.5. The molecule has 5 heteroatoms. The molecule has 1 saturated heterocycles. The summed E-state index contributed by atoms with van der Waals surface area (Å²) in [5.41, 5.74) is 0.670. The molecule has 2 atom stereocenters. The number of morpholine rings is 1. The van der Waals surface area contributed by atoms with Crippen LogP contribution in [0.1, 0.15) is 44.0 Å². The van der Waals surface area contributed by atoms with Crippen LogP contribution in [0.5, 0.6) is 5.75 Å². The minimum Gasteiger partial charge on any atom is -0.494 e. The van der Waals surface area contributed by atoms with E-state index in [1.807, 2.05) is 18.7 Å². The van der Waals surface area contributed by atoms with Gasteiger partial charge in [0.1, 0.15) is 5.75 Å². The van der Waals surface area contributed by atoms with Crippen molar-refractivity contribution in [2.45, 2.75) is 45.8 Å². The zero-order valence-electron chi connectivity index (χ0n) is 14.1. The number of ketones is 1. The Morgan fingerprint density at radius 1 is 1.17 bits per heavy atom. The minimum absolute atomic E-state index is 0.0381. The van der Waals surface area contributed by atoms with Crippen LogP contribution in [-0.2, 0) is 9.53 Å². The molecule has 0 bridgehead atoms. The number of hydrogen-bond acceptors (Lipinski definition) is 4. The molecular weight excluding hydrogens is 294 g/mol. The third-order valence-corrected chi connectivity index (χ3v) is 3.84. The van der Waals surface area contributed by atoms with E-state index in [4.69, 9.17) is 9.47 Å². The van der Waals surface area contributed by atoms with E-state index in [0.717, 1.165) is 5.75 Å². The van der Waals surface area contributed by atoms with Crippen LogP contribution >= 0.6 is 0 Å². The molecule has 1 aliphatic rings. The maximum atomic E-state index is 12.2. The number of carbonyl (C=O) groups is 2. The van der Waals surface area contributed by atoms with Crippen LogP contribution in [0.15, 0.2) is 24.3 Å². The summed E-state index contributed by atoms with van der Waals surface area (Å²) in [6, 6.07) is 7.06. The molecule has 0 spiro atoms. The second-order valence-electron chi connectivity index (χ2n) is 6.09. The third-order valence-electron chi connectivity index (χ3n) is 3.84. The SMILES string of the molecule is CC(=O)c1ccc(OCCCC(=O)N2CC(C)OC(C)C2)cc1. The number of rotatable bonds is 6. The van der Waals surface area contributed by atoms with Gasteiger partial charge in [-0.05, 0) is 51.5 Å². The number of amides is 1. The van der Waals surface area contributed by atoms with E-state index >= 15 is 0 Å². The van der Waals surface area contributed by atoms with Crippen molar-refractivity contribution in [1.82, 2.24) is 4.90 Å². The van der Waals surface area contributed by atoms with Gasteiger partial charge in [0.05, 0.1) is 18.8 Å². The van der Waals surface area contributed by atoms with Gasteiger partial charge in [0, 0.05) is 25.1 Å². The lowest BCUT2D eigenvalue weighted by Crippen LogP contribution is -2.48. The Bertz CT molecular complexity index is 530. The monoisotopic (exact) mass is 319 g/mol. The highest BCUT2D eigenvalue weighted by atomic mass is 16.5. The molecule has 0 aromatic heterocycles. The predicted molar refractivity (Wildman–Crippen MR) is 87.8 cm³/mol. The summed E-state index contributed by atoms with van der Waals surface area (Å²) in [5, 5.41) is 0. The van der Waals surface area contributed by atoms with Crippen molar-refractivity contribution in [3.63, 3.8) is 0 Å². The van der Waals surface area contributed by atoms with Crippen molar-refractivity contribution in [2.75, 3.05) is 19.7 Å². The Hall–Kier alpha value is -1.88. The summed E-state index contributed by atoms with van der Waals surface area (Å²) in [7, 11) is 0. The van der Waals surface area contributed by atoms with Crippen LogP contribution in [0.2, 0.25) is 0 Å². The van der Waals surface area contributed by atoms with E-state index < -0.39 is 0 Å². The Morgan fingerprint density at radius 2 is 1.78 bits per heavy atom. The number of hydrogen-bond donors (Lipinski definition) is 0. The Labute approximate surface area is 137 Å². The molecule has 0 N–H and O–H groups in total. The van der Waals surface area contributed by atoms with Gasteiger partial charge in [-0.25, -0.2) is 0 Å². The fourth-order valence-corrected chi connectivity index (χ4v) is 2.74. The maximum absolute atomic E-state index is 12.2. The molecule has 0 saturated carbocycles. The average Bonchev–Trinajstić information content (AvgIpc) is 2.50. The number of nitrogens with zero attached hydrogens (tertiary/aromatic N) is 1. The highest BCUT2D eigenvalue weighted by Crippen LogP contribution is 2.14. The van der Waals surface area contributed by atoms with Crippen LogP contribution in [0.25, 0.3) is 0 Å². The van der Waals surface area contributed by atoms with Crippen LogP contribution in [0.3, 0.4) is 0 Å². The van der Waals surface area contributed by atoms with Crippen LogP contribution < -0.4 is 4.74 Å². The van der Waals surface area contributed by atoms with Gasteiger partial charge in [-0.15, -0.1) is 0 Å². The molecule has 2 rings (SSSR count). The van der Waals surface area contributed by atoms with Crippen molar-refractivity contribution in [3.05, 3.63) is 29.8 Å². The quantitative estimate of drug-likeness (QED) is 0.597. The van der Waals surface area contributed by atoms with Gasteiger partial charge in [-0.1, -0.05) is 0 Å². The Kier molecular flexibility index (Phi) is 6.16. The molecule has 1 aliphatic heterocycles. The van der Waals surface area contributed by atoms with Gasteiger partial charge in [0.2, 0.25) is 5.91 Å². The minimum atomic E-state index is 0.0381. The second-order valence-corrected chi connectivity index (χ2v) is 6.09. The summed E-state index contributed by atoms with van der Waals surface area (Å²) in [6.45, 7) is 7.33. The van der Waals surface area contributed by atoms with Crippen molar-refractivity contribution in [3.8, 4) is 5.75 Å². The molecule has 1 aromatic carbocycles. The number of ether oxygens (including phenoxy) is 2. The lowest BCUT2D eigenvalue weighted by atomic mass is 10.1. The van der Waals surface area contributed by atoms with Crippen molar-refractivity contribution in [1.29, 1.82) is 0 Å². The third kappa shape index (κ3) is 5.36. The largest absolute Gasteiger partial charge is 0.494 e. The van der Waals surface area contributed by atoms with E-state index in [9.17, 15) is 9.59 Å². The standard InChI is InChI=1S/C18H25NO4/c1-13-11-19(12-14(2)23-13)18(21)5-4-10-22-17-8-6-16(7-9-17)15(3)20/h6-9,13-14H,4-5,10-12H2,1-3H3. The molecule has 2 unspecified atom stereocenters. The summed E-state index contributed by atoms with van der Waals surface area (Å²) < 4.78 is 11.2. The molecule has 126 valence electrons. The van der Waals surface area contributed by atoms with Crippen LogP contribution in [0, 0.1) is 0 Å². The maximum Gasteiger partial charge on any atom is 0.222 e. The Morgan fingerprint density at radius 3 is 2.35 bits per heavy atom. The highest BCUT2D eigenvalue weighted by molar-refractivity contribution is 5.94.